The Balaban J connectivity index is 2.81. The second-order valence-electron chi connectivity index (χ2n) is 3.63. The minimum Gasteiger partial charge on any atom is -0.435 e. The van der Waals surface area contributed by atoms with Crippen molar-refractivity contribution in [2.24, 2.45) is 0 Å². The van der Waals surface area contributed by atoms with Crippen LogP contribution in [-0.4, -0.2) is 19.8 Å². The highest BCUT2D eigenvalue weighted by Crippen LogP contribution is 2.51. The summed E-state index contributed by atoms with van der Waals surface area (Å²) in [6.45, 7) is 1.04. The van der Waals surface area contributed by atoms with Gasteiger partial charge in [0.25, 0.3) is 0 Å². The third kappa shape index (κ3) is 5.68. The van der Waals surface area contributed by atoms with Crippen molar-refractivity contribution in [3.63, 3.8) is 0 Å². The van der Waals surface area contributed by atoms with E-state index in [9.17, 15) is 13.3 Å². The molecule has 0 saturated carbocycles. The van der Waals surface area contributed by atoms with Gasteiger partial charge in [-0.25, -0.2) is 0 Å². The van der Waals surface area contributed by atoms with Crippen molar-refractivity contribution in [2.45, 2.75) is 26.6 Å². The molecule has 0 bridgehead atoms. The van der Waals surface area contributed by atoms with Crippen LogP contribution in [0.2, 0.25) is 0 Å². The first-order valence-corrected chi connectivity index (χ1v) is 7.63. The van der Waals surface area contributed by atoms with E-state index in [0.29, 0.717) is 5.56 Å². The Kier molecular flexibility index (Phi) is 6.42. The van der Waals surface area contributed by atoms with Gasteiger partial charge in [-0.3, -0.25) is 4.57 Å². The maximum absolute atomic E-state index is 12.3. The molecule has 0 heterocycles. The van der Waals surface area contributed by atoms with Crippen LogP contribution in [0, 0.1) is 0 Å². The van der Waals surface area contributed by atoms with E-state index < -0.39 is 14.2 Å². The lowest BCUT2D eigenvalue weighted by Gasteiger charge is -2.17. The second kappa shape index (κ2) is 7.58. The number of hydrogen-bond donors (Lipinski definition) is 0. The summed E-state index contributed by atoms with van der Waals surface area (Å²) in [5.41, 5.74) is 0.559. The van der Waals surface area contributed by atoms with E-state index in [1.807, 2.05) is 0 Å². The molecule has 0 saturated heterocycles. The van der Waals surface area contributed by atoms with Gasteiger partial charge < -0.3 is 13.8 Å². The number of alkyl halides is 2. The SMILES string of the molecule is CCOP(=O)(Cc1cccc(OC(F)F)c1)OCC. The molecule has 7 heteroatoms. The molecule has 108 valence electrons. The van der Waals surface area contributed by atoms with Gasteiger partial charge in [0.2, 0.25) is 0 Å². The van der Waals surface area contributed by atoms with Crippen molar-refractivity contribution >= 4 is 7.60 Å². The molecular formula is C12H17F2O4P. The van der Waals surface area contributed by atoms with Gasteiger partial charge in [-0.1, -0.05) is 12.1 Å². The lowest BCUT2D eigenvalue weighted by molar-refractivity contribution is -0.0498. The standard InChI is InChI=1S/C12H17F2O4P/c1-3-16-19(15,17-4-2)9-10-6-5-7-11(8-10)18-12(13)14/h5-8,12H,3-4,9H2,1-2H3. The van der Waals surface area contributed by atoms with Crippen LogP contribution in [0.25, 0.3) is 0 Å². The fourth-order valence-corrected chi connectivity index (χ4v) is 3.25. The summed E-state index contributed by atoms with van der Waals surface area (Å²) < 4.78 is 51.1. The fourth-order valence-electron chi connectivity index (χ4n) is 1.57. The van der Waals surface area contributed by atoms with E-state index in [1.54, 1.807) is 26.0 Å². The number of rotatable bonds is 8. The van der Waals surface area contributed by atoms with Gasteiger partial charge >= 0.3 is 14.2 Å². The average molecular weight is 294 g/mol. The molecule has 0 atom stereocenters. The first-order chi connectivity index (χ1) is 8.99. The molecule has 0 aromatic heterocycles. The topological polar surface area (TPSA) is 44.8 Å². The summed E-state index contributed by atoms with van der Waals surface area (Å²) >= 11 is 0. The smallest absolute Gasteiger partial charge is 0.387 e. The summed E-state index contributed by atoms with van der Waals surface area (Å²) in [5.74, 6) is 0.0204. The fraction of sp³-hybridized carbons (Fsp3) is 0.500. The van der Waals surface area contributed by atoms with Gasteiger partial charge in [-0.15, -0.1) is 0 Å². The summed E-state index contributed by atoms with van der Waals surface area (Å²) in [5, 5.41) is 0. The molecule has 0 spiro atoms. The quantitative estimate of drug-likeness (QED) is 0.678. The third-order valence-corrected chi connectivity index (χ3v) is 4.21. The van der Waals surface area contributed by atoms with Crippen LogP contribution in [0.15, 0.2) is 24.3 Å². The van der Waals surface area contributed by atoms with Crippen LogP contribution < -0.4 is 4.74 Å². The predicted molar refractivity (Wildman–Crippen MR) is 67.6 cm³/mol. The largest absolute Gasteiger partial charge is 0.435 e. The van der Waals surface area contributed by atoms with Crippen molar-refractivity contribution in [1.29, 1.82) is 0 Å². The van der Waals surface area contributed by atoms with Gasteiger partial charge in [0, 0.05) is 0 Å². The van der Waals surface area contributed by atoms with E-state index >= 15 is 0 Å². The Morgan fingerprint density at radius 3 is 2.37 bits per heavy atom. The Morgan fingerprint density at radius 1 is 1.21 bits per heavy atom. The highest BCUT2D eigenvalue weighted by Gasteiger charge is 2.24. The third-order valence-electron chi connectivity index (χ3n) is 2.15. The molecule has 1 aromatic rings. The highest BCUT2D eigenvalue weighted by atomic mass is 31.2. The molecule has 4 nitrogen and oxygen atoms in total. The van der Waals surface area contributed by atoms with E-state index in [4.69, 9.17) is 9.05 Å². The Labute approximate surface area is 111 Å². The van der Waals surface area contributed by atoms with Crippen LogP contribution in [-0.2, 0) is 19.8 Å². The van der Waals surface area contributed by atoms with Crippen LogP contribution in [0.5, 0.6) is 5.75 Å². The number of ether oxygens (including phenoxy) is 1. The number of hydrogen-bond acceptors (Lipinski definition) is 4. The minimum atomic E-state index is -3.24. The predicted octanol–water partition coefficient (Wildman–Crippen LogP) is 4.05. The minimum absolute atomic E-state index is 0.0204. The number of benzene rings is 1. The molecule has 0 N–H and O–H groups in total. The zero-order valence-electron chi connectivity index (χ0n) is 10.8. The van der Waals surface area contributed by atoms with Gasteiger partial charge in [0.15, 0.2) is 0 Å². The first-order valence-electron chi connectivity index (χ1n) is 5.91. The zero-order chi connectivity index (χ0) is 14.3. The van der Waals surface area contributed by atoms with Crippen LogP contribution in [0.4, 0.5) is 8.78 Å². The molecule has 0 aliphatic rings. The lowest BCUT2D eigenvalue weighted by atomic mass is 10.2. The molecule has 0 fully saturated rings. The van der Waals surface area contributed by atoms with Gasteiger partial charge in [-0.05, 0) is 31.5 Å². The average Bonchev–Trinajstić information content (AvgIpc) is 2.28. The van der Waals surface area contributed by atoms with Gasteiger partial charge in [-0.2, -0.15) is 8.78 Å². The van der Waals surface area contributed by atoms with Crippen molar-refractivity contribution in [3.8, 4) is 5.75 Å². The summed E-state index contributed by atoms with van der Waals surface area (Å²) in [6, 6.07) is 6.01. The van der Waals surface area contributed by atoms with E-state index in [1.165, 1.54) is 12.1 Å². The summed E-state index contributed by atoms with van der Waals surface area (Å²) in [7, 11) is -3.24. The van der Waals surface area contributed by atoms with E-state index in [2.05, 4.69) is 4.74 Å². The maximum Gasteiger partial charge on any atom is 0.387 e. The zero-order valence-corrected chi connectivity index (χ0v) is 11.7. The van der Waals surface area contributed by atoms with E-state index in [0.717, 1.165) is 0 Å². The molecule has 19 heavy (non-hydrogen) atoms. The normalized spacial score (nSPS) is 11.8. The molecule has 0 unspecified atom stereocenters. The molecule has 1 aromatic carbocycles. The van der Waals surface area contributed by atoms with E-state index in [-0.39, 0.29) is 25.1 Å². The monoisotopic (exact) mass is 294 g/mol. The van der Waals surface area contributed by atoms with Gasteiger partial charge in [0.05, 0.1) is 19.4 Å². The Hall–Kier alpha value is -0.970. The molecule has 0 aliphatic carbocycles. The second-order valence-corrected chi connectivity index (χ2v) is 5.68. The Bertz CT molecular complexity index is 429. The first kappa shape index (κ1) is 16.1. The van der Waals surface area contributed by atoms with Crippen LogP contribution in [0.1, 0.15) is 19.4 Å². The summed E-state index contributed by atoms with van der Waals surface area (Å²) in [6.07, 6.45) is 0.0229. The van der Waals surface area contributed by atoms with Crippen LogP contribution in [0.3, 0.4) is 0 Å². The van der Waals surface area contributed by atoms with Gasteiger partial charge in [0.1, 0.15) is 5.75 Å². The highest BCUT2D eigenvalue weighted by molar-refractivity contribution is 7.53. The summed E-state index contributed by atoms with van der Waals surface area (Å²) in [4.78, 5) is 0. The maximum atomic E-state index is 12.3. The van der Waals surface area contributed by atoms with Crippen LogP contribution >= 0.6 is 7.60 Å². The molecule has 0 amide bonds. The molecule has 0 radical (unpaired) electrons. The molecule has 1 rings (SSSR count). The van der Waals surface area contributed by atoms with Crippen molar-refractivity contribution in [1.82, 2.24) is 0 Å². The number of halogens is 2. The van der Waals surface area contributed by atoms with Crippen molar-refractivity contribution in [2.75, 3.05) is 13.2 Å². The molecule has 0 aliphatic heterocycles. The Morgan fingerprint density at radius 2 is 1.84 bits per heavy atom. The molecular weight excluding hydrogens is 277 g/mol. The van der Waals surface area contributed by atoms with Crippen molar-refractivity contribution < 1.29 is 27.1 Å². The lowest BCUT2D eigenvalue weighted by Crippen LogP contribution is -2.03. The van der Waals surface area contributed by atoms with Crippen molar-refractivity contribution in [3.05, 3.63) is 29.8 Å².